The van der Waals surface area contributed by atoms with Crippen molar-refractivity contribution in [3.05, 3.63) is 33.3 Å². The Morgan fingerprint density at radius 2 is 2.25 bits per heavy atom. The van der Waals surface area contributed by atoms with E-state index in [4.69, 9.17) is 11.6 Å². The van der Waals surface area contributed by atoms with E-state index in [1.807, 2.05) is 0 Å². The first-order chi connectivity index (χ1) is 11.4. The SMILES string of the molecule is O=C(C[C@H]1SC(=NC2CC2)NC1=O)Nc1cc([N+](=O)[O-])ccc1Cl. The molecule has 2 amide bonds. The summed E-state index contributed by atoms with van der Waals surface area (Å²) in [4.78, 5) is 38.5. The number of anilines is 1. The number of nitro groups is 1. The molecule has 1 atom stereocenters. The Balaban J connectivity index is 1.62. The molecule has 0 unspecified atom stereocenters. The van der Waals surface area contributed by atoms with E-state index in [0.29, 0.717) is 5.17 Å². The molecular weight excluding hydrogens is 356 g/mol. The molecule has 8 nitrogen and oxygen atoms in total. The van der Waals surface area contributed by atoms with Gasteiger partial charge in [0.2, 0.25) is 11.8 Å². The smallest absolute Gasteiger partial charge is 0.271 e. The molecule has 126 valence electrons. The molecule has 2 aliphatic rings. The molecule has 10 heteroatoms. The first-order valence-electron chi connectivity index (χ1n) is 7.21. The molecule has 1 heterocycles. The van der Waals surface area contributed by atoms with Crippen LogP contribution in [0.15, 0.2) is 23.2 Å². The van der Waals surface area contributed by atoms with Crippen molar-refractivity contribution in [3.63, 3.8) is 0 Å². The van der Waals surface area contributed by atoms with Gasteiger partial charge in [0.05, 0.1) is 21.7 Å². The topological polar surface area (TPSA) is 114 Å². The van der Waals surface area contributed by atoms with E-state index in [1.54, 1.807) is 0 Å². The van der Waals surface area contributed by atoms with Crippen molar-refractivity contribution in [3.8, 4) is 0 Å². The monoisotopic (exact) mass is 368 g/mol. The van der Waals surface area contributed by atoms with Crippen molar-refractivity contribution < 1.29 is 14.5 Å². The van der Waals surface area contributed by atoms with Gasteiger partial charge in [0.1, 0.15) is 5.25 Å². The summed E-state index contributed by atoms with van der Waals surface area (Å²) >= 11 is 7.16. The lowest BCUT2D eigenvalue weighted by Crippen LogP contribution is -2.28. The lowest BCUT2D eigenvalue weighted by Gasteiger charge is -2.08. The van der Waals surface area contributed by atoms with E-state index in [2.05, 4.69) is 15.6 Å². The maximum atomic E-state index is 12.1. The Kier molecular flexibility index (Phi) is 4.72. The van der Waals surface area contributed by atoms with Crippen LogP contribution in [0.25, 0.3) is 0 Å². The number of hydrogen-bond acceptors (Lipinski definition) is 6. The average Bonchev–Trinajstić information content (AvgIpc) is 3.25. The quantitative estimate of drug-likeness (QED) is 0.611. The van der Waals surface area contributed by atoms with Crippen LogP contribution in [0.1, 0.15) is 19.3 Å². The first-order valence-corrected chi connectivity index (χ1v) is 8.47. The summed E-state index contributed by atoms with van der Waals surface area (Å²) in [6.07, 6.45) is 1.98. The highest BCUT2D eigenvalue weighted by Crippen LogP contribution is 2.30. The van der Waals surface area contributed by atoms with Crippen molar-refractivity contribution in [1.29, 1.82) is 0 Å². The van der Waals surface area contributed by atoms with Gasteiger partial charge in [-0.2, -0.15) is 0 Å². The summed E-state index contributed by atoms with van der Waals surface area (Å²) in [5.41, 5.74) is -0.0346. The van der Waals surface area contributed by atoms with E-state index in [-0.39, 0.29) is 34.8 Å². The summed E-state index contributed by atoms with van der Waals surface area (Å²) in [5.74, 6) is -0.711. The van der Waals surface area contributed by atoms with Crippen molar-refractivity contribution in [2.24, 2.45) is 4.99 Å². The fourth-order valence-corrected chi connectivity index (χ4v) is 3.27. The molecule has 0 radical (unpaired) electrons. The average molecular weight is 369 g/mol. The summed E-state index contributed by atoms with van der Waals surface area (Å²) in [6.45, 7) is 0. The van der Waals surface area contributed by atoms with Crippen LogP contribution in [0.2, 0.25) is 5.02 Å². The number of carbonyl (C=O) groups excluding carboxylic acids is 2. The van der Waals surface area contributed by atoms with Crippen LogP contribution in [0.5, 0.6) is 0 Å². The van der Waals surface area contributed by atoms with Crippen LogP contribution >= 0.6 is 23.4 Å². The molecule has 1 aliphatic heterocycles. The van der Waals surface area contributed by atoms with Crippen molar-refractivity contribution in [1.82, 2.24) is 5.32 Å². The molecule has 1 aliphatic carbocycles. The number of hydrogen-bond donors (Lipinski definition) is 2. The molecule has 24 heavy (non-hydrogen) atoms. The maximum Gasteiger partial charge on any atom is 0.271 e. The molecule has 0 spiro atoms. The zero-order valence-electron chi connectivity index (χ0n) is 12.3. The second kappa shape index (κ2) is 6.78. The fourth-order valence-electron chi connectivity index (χ4n) is 2.06. The number of nitrogens with one attached hydrogen (secondary N) is 2. The van der Waals surface area contributed by atoms with E-state index in [0.717, 1.165) is 12.8 Å². The Hall–Kier alpha value is -2.13. The molecule has 1 saturated carbocycles. The minimum atomic E-state index is -0.577. The van der Waals surface area contributed by atoms with Gasteiger partial charge in [-0.15, -0.1) is 0 Å². The third-order valence-electron chi connectivity index (χ3n) is 3.43. The molecule has 0 aromatic heterocycles. The highest BCUT2D eigenvalue weighted by atomic mass is 35.5. The van der Waals surface area contributed by atoms with Crippen LogP contribution < -0.4 is 10.6 Å². The number of benzene rings is 1. The minimum absolute atomic E-state index is 0.0702. The van der Waals surface area contributed by atoms with Crippen molar-refractivity contribution in [2.45, 2.75) is 30.6 Å². The second-order valence-electron chi connectivity index (χ2n) is 5.43. The van der Waals surface area contributed by atoms with Crippen LogP contribution in [-0.2, 0) is 9.59 Å². The van der Waals surface area contributed by atoms with Gasteiger partial charge in [-0.05, 0) is 18.9 Å². The molecule has 1 aromatic rings. The fraction of sp³-hybridized carbons (Fsp3) is 0.357. The maximum absolute atomic E-state index is 12.1. The standard InChI is InChI=1S/C14H13ClN4O4S/c15-9-4-3-8(19(22)23)5-10(9)17-12(20)6-11-13(21)18-14(24-11)16-7-1-2-7/h3-5,7,11H,1-2,6H2,(H,17,20)(H,16,18,21)/t11-/m1/s1. The number of aliphatic imine (C=N–C) groups is 1. The van der Waals surface area contributed by atoms with Gasteiger partial charge in [-0.3, -0.25) is 24.7 Å². The van der Waals surface area contributed by atoms with E-state index in [1.165, 1.54) is 30.0 Å². The highest BCUT2D eigenvalue weighted by Gasteiger charge is 2.33. The zero-order valence-corrected chi connectivity index (χ0v) is 13.9. The number of thioether (sulfide) groups is 1. The molecular formula is C14H13ClN4O4S. The van der Waals surface area contributed by atoms with E-state index < -0.39 is 16.1 Å². The predicted octanol–water partition coefficient (Wildman–Crippen LogP) is 2.33. The summed E-state index contributed by atoms with van der Waals surface area (Å²) < 4.78 is 0. The van der Waals surface area contributed by atoms with Crippen LogP contribution in [0, 0.1) is 10.1 Å². The van der Waals surface area contributed by atoms with Crippen LogP contribution in [-0.4, -0.2) is 33.2 Å². The molecule has 2 fully saturated rings. The third kappa shape index (κ3) is 4.04. The molecule has 2 N–H and O–H groups in total. The van der Waals surface area contributed by atoms with Crippen LogP contribution in [0.3, 0.4) is 0 Å². The summed E-state index contributed by atoms with van der Waals surface area (Å²) in [6, 6.07) is 4.05. The van der Waals surface area contributed by atoms with Gasteiger partial charge in [-0.1, -0.05) is 23.4 Å². The largest absolute Gasteiger partial charge is 0.325 e. The molecule has 0 bridgehead atoms. The van der Waals surface area contributed by atoms with Crippen molar-refractivity contribution in [2.75, 3.05) is 5.32 Å². The van der Waals surface area contributed by atoms with E-state index >= 15 is 0 Å². The van der Waals surface area contributed by atoms with E-state index in [9.17, 15) is 19.7 Å². The number of rotatable bonds is 5. The normalized spacial score (nSPS) is 21.6. The van der Waals surface area contributed by atoms with Gasteiger partial charge in [0, 0.05) is 18.6 Å². The van der Waals surface area contributed by atoms with Crippen LogP contribution in [0.4, 0.5) is 11.4 Å². The Morgan fingerprint density at radius 3 is 2.92 bits per heavy atom. The Morgan fingerprint density at radius 1 is 1.50 bits per heavy atom. The Bertz CT molecular complexity index is 750. The summed E-state index contributed by atoms with van der Waals surface area (Å²) in [5, 5.41) is 16.1. The first kappa shape index (κ1) is 16.7. The second-order valence-corrected chi connectivity index (χ2v) is 7.03. The zero-order chi connectivity index (χ0) is 17.3. The number of nitro benzene ring substituents is 1. The molecule has 1 aromatic carbocycles. The Labute approximate surface area is 146 Å². The van der Waals surface area contributed by atoms with Gasteiger partial charge < -0.3 is 10.6 Å². The summed E-state index contributed by atoms with van der Waals surface area (Å²) in [7, 11) is 0. The number of amides is 2. The van der Waals surface area contributed by atoms with Gasteiger partial charge in [-0.25, -0.2) is 0 Å². The lowest BCUT2D eigenvalue weighted by molar-refractivity contribution is -0.384. The van der Waals surface area contributed by atoms with Gasteiger partial charge >= 0.3 is 0 Å². The van der Waals surface area contributed by atoms with Gasteiger partial charge in [0.15, 0.2) is 5.17 Å². The molecule has 1 saturated heterocycles. The highest BCUT2D eigenvalue weighted by molar-refractivity contribution is 8.15. The third-order valence-corrected chi connectivity index (χ3v) is 4.85. The number of non-ortho nitro benzene ring substituents is 1. The number of carbonyl (C=O) groups is 2. The number of nitrogens with zero attached hydrogens (tertiary/aromatic N) is 2. The molecule has 3 rings (SSSR count). The predicted molar refractivity (Wildman–Crippen MR) is 91.3 cm³/mol. The van der Waals surface area contributed by atoms with Gasteiger partial charge in [0.25, 0.3) is 5.69 Å². The number of amidine groups is 1. The number of halogens is 1. The lowest BCUT2D eigenvalue weighted by atomic mass is 10.2. The minimum Gasteiger partial charge on any atom is -0.325 e. The van der Waals surface area contributed by atoms with Crippen molar-refractivity contribution >= 4 is 51.7 Å².